The maximum atomic E-state index is 12.1. The molecule has 0 aliphatic heterocycles. The third-order valence-corrected chi connectivity index (χ3v) is 3.78. The molecule has 0 unspecified atom stereocenters. The summed E-state index contributed by atoms with van der Waals surface area (Å²) < 4.78 is 10.4. The van der Waals surface area contributed by atoms with Crippen LogP contribution in [-0.4, -0.2) is 13.1 Å². The van der Waals surface area contributed by atoms with E-state index in [4.69, 9.17) is 9.47 Å². The average Bonchev–Trinajstić information content (AvgIpc) is 2.60. The number of ether oxygens (including phenoxy) is 2. The maximum Gasteiger partial charge on any atom is 0.343 e. The molecule has 2 aromatic rings. The molecule has 0 amide bonds. The van der Waals surface area contributed by atoms with E-state index >= 15 is 0 Å². The van der Waals surface area contributed by atoms with Gasteiger partial charge in [0, 0.05) is 0 Å². The molecular formula is C20H24O3. The van der Waals surface area contributed by atoms with E-state index in [1.807, 2.05) is 24.3 Å². The van der Waals surface area contributed by atoms with Gasteiger partial charge in [0.2, 0.25) is 0 Å². The number of hydrogen-bond donors (Lipinski definition) is 0. The van der Waals surface area contributed by atoms with Crippen LogP contribution >= 0.6 is 0 Å². The first kappa shape index (κ1) is 17.1. The minimum absolute atomic E-state index is 0.340. The first-order chi connectivity index (χ1) is 11.2. The van der Waals surface area contributed by atoms with Crippen LogP contribution < -0.4 is 9.47 Å². The van der Waals surface area contributed by atoms with Gasteiger partial charge in [0.25, 0.3) is 0 Å². The number of carbonyl (C=O) groups is 1. The van der Waals surface area contributed by atoms with Crippen molar-refractivity contribution in [3.63, 3.8) is 0 Å². The maximum absolute atomic E-state index is 12.1. The molecule has 3 heteroatoms. The van der Waals surface area contributed by atoms with E-state index in [2.05, 4.69) is 6.92 Å². The van der Waals surface area contributed by atoms with Crippen LogP contribution in [0.4, 0.5) is 0 Å². The van der Waals surface area contributed by atoms with Gasteiger partial charge in [0.05, 0.1) is 12.7 Å². The Balaban J connectivity index is 1.88. The number of carbonyl (C=O) groups excluding carboxylic acids is 1. The summed E-state index contributed by atoms with van der Waals surface area (Å²) in [6, 6.07) is 14.7. The zero-order valence-electron chi connectivity index (χ0n) is 13.9. The van der Waals surface area contributed by atoms with Crippen molar-refractivity contribution < 1.29 is 14.3 Å². The fraction of sp³-hybridized carbons (Fsp3) is 0.350. The van der Waals surface area contributed by atoms with Crippen LogP contribution in [0.1, 0.15) is 48.5 Å². The highest BCUT2D eigenvalue weighted by atomic mass is 16.5. The summed E-state index contributed by atoms with van der Waals surface area (Å²) >= 11 is 0. The van der Waals surface area contributed by atoms with Gasteiger partial charge in [-0.1, -0.05) is 38.3 Å². The summed E-state index contributed by atoms with van der Waals surface area (Å²) in [5.74, 6) is 0.907. The highest BCUT2D eigenvalue weighted by molar-refractivity contribution is 5.91. The lowest BCUT2D eigenvalue weighted by Gasteiger charge is -2.06. The van der Waals surface area contributed by atoms with Crippen molar-refractivity contribution in [3.05, 3.63) is 59.7 Å². The van der Waals surface area contributed by atoms with E-state index in [-0.39, 0.29) is 5.97 Å². The molecule has 0 bridgehead atoms. The SMILES string of the molecule is CCCCCCc1ccc(C(=O)Oc2ccc(OC)cc2)cc1. The Hall–Kier alpha value is -2.29. The molecule has 0 aliphatic rings. The molecule has 2 rings (SSSR count). The van der Waals surface area contributed by atoms with E-state index in [0.29, 0.717) is 11.3 Å². The number of rotatable bonds is 8. The van der Waals surface area contributed by atoms with Crippen LogP contribution in [0.5, 0.6) is 11.5 Å². The standard InChI is InChI=1S/C20H24O3/c1-3-4-5-6-7-16-8-10-17(11-9-16)20(21)23-19-14-12-18(22-2)13-15-19/h8-15H,3-7H2,1-2H3. The number of aryl methyl sites for hydroxylation is 1. The van der Waals surface area contributed by atoms with E-state index in [0.717, 1.165) is 12.2 Å². The summed E-state index contributed by atoms with van der Waals surface area (Å²) in [4.78, 5) is 12.1. The molecule has 0 N–H and O–H groups in total. The average molecular weight is 312 g/mol. The molecule has 2 aromatic carbocycles. The van der Waals surface area contributed by atoms with Crippen LogP contribution in [0, 0.1) is 0 Å². The zero-order valence-corrected chi connectivity index (χ0v) is 13.9. The Labute approximate surface area is 138 Å². The number of benzene rings is 2. The highest BCUT2D eigenvalue weighted by Gasteiger charge is 2.08. The van der Waals surface area contributed by atoms with Gasteiger partial charge in [0.15, 0.2) is 0 Å². The van der Waals surface area contributed by atoms with Gasteiger partial charge < -0.3 is 9.47 Å². The van der Waals surface area contributed by atoms with Gasteiger partial charge >= 0.3 is 5.97 Å². The van der Waals surface area contributed by atoms with Crippen molar-refractivity contribution in [2.45, 2.75) is 39.0 Å². The lowest BCUT2D eigenvalue weighted by molar-refractivity contribution is 0.0734. The molecule has 0 spiro atoms. The van der Waals surface area contributed by atoms with Crippen molar-refractivity contribution in [3.8, 4) is 11.5 Å². The molecule has 0 radical (unpaired) electrons. The van der Waals surface area contributed by atoms with Gasteiger partial charge in [0.1, 0.15) is 11.5 Å². The van der Waals surface area contributed by atoms with Crippen LogP contribution in [0.15, 0.2) is 48.5 Å². The van der Waals surface area contributed by atoms with Gasteiger partial charge in [-0.25, -0.2) is 4.79 Å². The van der Waals surface area contributed by atoms with E-state index in [9.17, 15) is 4.79 Å². The Morgan fingerprint density at radius 2 is 1.52 bits per heavy atom. The molecule has 3 nitrogen and oxygen atoms in total. The number of methoxy groups -OCH3 is 1. The van der Waals surface area contributed by atoms with Crippen molar-refractivity contribution in [1.82, 2.24) is 0 Å². The minimum Gasteiger partial charge on any atom is -0.497 e. The molecule has 122 valence electrons. The van der Waals surface area contributed by atoms with Crippen molar-refractivity contribution >= 4 is 5.97 Å². The van der Waals surface area contributed by atoms with E-state index in [1.54, 1.807) is 31.4 Å². The van der Waals surface area contributed by atoms with Gasteiger partial charge in [-0.3, -0.25) is 0 Å². The molecule has 0 aliphatic carbocycles. The summed E-state index contributed by atoms with van der Waals surface area (Å²) in [7, 11) is 1.60. The molecule has 0 atom stereocenters. The third kappa shape index (κ3) is 5.44. The zero-order chi connectivity index (χ0) is 16.5. The molecule has 0 heterocycles. The summed E-state index contributed by atoms with van der Waals surface area (Å²) in [6.45, 7) is 2.21. The van der Waals surface area contributed by atoms with Crippen LogP contribution in [0.2, 0.25) is 0 Å². The normalized spacial score (nSPS) is 10.3. The quantitative estimate of drug-likeness (QED) is 0.389. The predicted molar refractivity (Wildman–Crippen MR) is 92.2 cm³/mol. The van der Waals surface area contributed by atoms with Crippen LogP contribution in [0.25, 0.3) is 0 Å². The summed E-state index contributed by atoms with van der Waals surface area (Å²) in [5, 5.41) is 0. The smallest absolute Gasteiger partial charge is 0.343 e. The monoisotopic (exact) mass is 312 g/mol. The number of esters is 1. The molecule has 0 fully saturated rings. The second-order valence-electron chi connectivity index (χ2n) is 5.57. The van der Waals surface area contributed by atoms with Crippen LogP contribution in [-0.2, 0) is 6.42 Å². The predicted octanol–water partition coefficient (Wildman–Crippen LogP) is 5.04. The first-order valence-corrected chi connectivity index (χ1v) is 8.18. The number of unbranched alkanes of at least 4 members (excludes halogenated alkanes) is 3. The van der Waals surface area contributed by atoms with Gasteiger partial charge in [-0.05, 0) is 54.8 Å². The van der Waals surface area contributed by atoms with E-state index < -0.39 is 0 Å². The van der Waals surface area contributed by atoms with E-state index in [1.165, 1.54) is 31.2 Å². The van der Waals surface area contributed by atoms with Crippen molar-refractivity contribution in [1.29, 1.82) is 0 Å². The molecule has 0 saturated heterocycles. The molecule has 0 aromatic heterocycles. The van der Waals surface area contributed by atoms with Crippen molar-refractivity contribution in [2.75, 3.05) is 7.11 Å². The third-order valence-electron chi connectivity index (χ3n) is 3.78. The summed E-state index contributed by atoms with van der Waals surface area (Å²) in [5.41, 5.74) is 1.83. The highest BCUT2D eigenvalue weighted by Crippen LogP contribution is 2.18. The fourth-order valence-electron chi connectivity index (χ4n) is 2.37. The largest absolute Gasteiger partial charge is 0.497 e. The number of hydrogen-bond acceptors (Lipinski definition) is 3. The van der Waals surface area contributed by atoms with Gasteiger partial charge in [-0.2, -0.15) is 0 Å². The Kier molecular flexibility index (Phi) is 6.67. The Morgan fingerprint density at radius 3 is 2.13 bits per heavy atom. The van der Waals surface area contributed by atoms with Crippen LogP contribution in [0.3, 0.4) is 0 Å². The van der Waals surface area contributed by atoms with Gasteiger partial charge in [-0.15, -0.1) is 0 Å². The Morgan fingerprint density at radius 1 is 0.870 bits per heavy atom. The summed E-state index contributed by atoms with van der Waals surface area (Å²) in [6.07, 6.45) is 6.05. The lowest BCUT2D eigenvalue weighted by Crippen LogP contribution is -2.08. The first-order valence-electron chi connectivity index (χ1n) is 8.18. The lowest BCUT2D eigenvalue weighted by atomic mass is 10.0. The molecular weight excluding hydrogens is 288 g/mol. The fourth-order valence-corrected chi connectivity index (χ4v) is 2.37. The molecule has 23 heavy (non-hydrogen) atoms. The Bertz CT molecular complexity index is 600. The second-order valence-corrected chi connectivity index (χ2v) is 5.57. The minimum atomic E-state index is -0.340. The second kappa shape index (κ2) is 8.99. The topological polar surface area (TPSA) is 35.5 Å². The van der Waals surface area contributed by atoms with Crippen molar-refractivity contribution in [2.24, 2.45) is 0 Å². The molecule has 0 saturated carbocycles.